The molecule has 0 bridgehead atoms. The number of carbonyl (C=O) groups excluding carboxylic acids is 1. The number of primary amides is 1. The molecule has 3 N–H and O–H groups in total. The van der Waals surface area contributed by atoms with Crippen LogP contribution in [0.3, 0.4) is 0 Å². The Hall–Kier alpha value is -1.79. The average Bonchev–Trinajstić information content (AvgIpc) is 2.37. The Labute approximate surface area is 106 Å². The van der Waals surface area contributed by atoms with Gasteiger partial charge in [-0.05, 0) is 25.1 Å². The van der Waals surface area contributed by atoms with E-state index in [1.165, 1.54) is 0 Å². The van der Waals surface area contributed by atoms with Crippen LogP contribution in [0.1, 0.15) is 18.5 Å². The highest BCUT2D eigenvalue weighted by Gasteiger charge is 2.13. The van der Waals surface area contributed by atoms with Gasteiger partial charge >= 0.3 is 0 Å². The Bertz CT molecular complexity index is 409. The van der Waals surface area contributed by atoms with Crippen molar-refractivity contribution in [1.82, 2.24) is 5.48 Å². The molecule has 1 rings (SSSR count). The van der Waals surface area contributed by atoms with E-state index in [0.717, 1.165) is 5.56 Å². The van der Waals surface area contributed by atoms with Gasteiger partial charge in [0.15, 0.2) is 0 Å². The number of carbonyl (C=O) groups is 1. The van der Waals surface area contributed by atoms with Crippen LogP contribution >= 0.6 is 0 Å². The van der Waals surface area contributed by atoms with Gasteiger partial charge in [-0.15, -0.1) is 0 Å². The molecule has 0 aromatic heterocycles. The SMILES string of the molecule is COc1ccc(OC)c(C(C)NOCC(N)=O)c1. The fourth-order valence-electron chi connectivity index (χ4n) is 1.48. The van der Waals surface area contributed by atoms with Gasteiger partial charge in [-0.25, -0.2) is 0 Å². The number of amides is 1. The molecule has 0 aliphatic heterocycles. The third kappa shape index (κ3) is 3.90. The van der Waals surface area contributed by atoms with E-state index < -0.39 is 5.91 Å². The molecule has 0 aliphatic carbocycles. The topological polar surface area (TPSA) is 82.8 Å². The molecule has 1 aromatic rings. The first-order valence-electron chi connectivity index (χ1n) is 5.46. The molecule has 18 heavy (non-hydrogen) atoms. The number of nitrogens with one attached hydrogen (secondary N) is 1. The van der Waals surface area contributed by atoms with Crippen LogP contribution in [0.4, 0.5) is 0 Å². The van der Waals surface area contributed by atoms with E-state index in [-0.39, 0.29) is 12.6 Å². The number of methoxy groups -OCH3 is 2. The molecule has 0 aliphatic rings. The molecule has 1 aromatic carbocycles. The molecule has 0 heterocycles. The van der Waals surface area contributed by atoms with Gasteiger partial charge in [0.25, 0.3) is 0 Å². The number of hydrogen-bond acceptors (Lipinski definition) is 5. The third-order valence-corrected chi connectivity index (χ3v) is 2.38. The van der Waals surface area contributed by atoms with Crippen LogP contribution in [0, 0.1) is 0 Å². The molecular weight excluding hydrogens is 236 g/mol. The van der Waals surface area contributed by atoms with E-state index in [0.29, 0.717) is 11.5 Å². The van der Waals surface area contributed by atoms with Crippen molar-refractivity contribution in [2.45, 2.75) is 13.0 Å². The molecule has 0 spiro atoms. The zero-order chi connectivity index (χ0) is 13.5. The molecule has 0 fully saturated rings. The summed E-state index contributed by atoms with van der Waals surface area (Å²) in [7, 11) is 3.18. The summed E-state index contributed by atoms with van der Waals surface area (Å²) >= 11 is 0. The lowest BCUT2D eigenvalue weighted by Gasteiger charge is -2.17. The van der Waals surface area contributed by atoms with Crippen molar-refractivity contribution in [2.24, 2.45) is 5.73 Å². The Kier molecular flexibility index (Phi) is 5.41. The number of hydroxylamine groups is 1. The lowest BCUT2D eigenvalue weighted by molar-refractivity contribution is -0.126. The van der Waals surface area contributed by atoms with Crippen LogP contribution in [0.2, 0.25) is 0 Å². The van der Waals surface area contributed by atoms with Crippen molar-refractivity contribution < 1.29 is 19.1 Å². The van der Waals surface area contributed by atoms with Gasteiger partial charge < -0.3 is 15.2 Å². The molecule has 1 unspecified atom stereocenters. The largest absolute Gasteiger partial charge is 0.497 e. The van der Waals surface area contributed by atoms with Crippen molar-refractivity contribution in [1.29, 1.82) is 0 Å². The summed E-state index contributed by atoms with van der Waals surface area (Å²) in [6, 6.07) is 5.28. The number of rotatable bonds is 7. The number of nitrogens with two attached hydrogens (primary N) is 1. The molecule has 1 atom stereocenters. The molecule has 100 valence electrons. The van der Waals surface area contributed by atoms with Crippen molar-refractivity contribution in [3.8, 4) is 11.5 Å². The Morgan fingerprint density at radius 2 is 2.11 bits per heavy atom. The van der Waals surface area contributed by atoms with E-state index >= 15 is 0 Å². The van der Waals surface area contributed by atoms with Crippen molar-refractivity contribution in [2.75, 3.05) is 20.8 Å². The molecule has 0 radical (unpaired) electrons. The van der Waals surface area contributed by atoms with E-state index in [4.69, 9.17) is 20.0 Å². The summed E-state index contributed by atoms with van der Waals surface area (Å²) < 4.78 is 10.4. The first kappa shape index (κ1) is 14.3. The van der Waals surface area contributed by atoms with Crippen LogP contribution in [0.5, 0.6) is 11.5 Å². The lowest BCUT2D eigenvalue weighted by atomic mass is 10.1. The second-order valence-electron chi connectivity index (χ2n) is 3.70. The van der Waals surface area contributed by atoms with E-state index in [1.54, 1.807) is 26.4 Å². The highest BCUT2D eigenvalue weighted by atomic mass is 16.6. The molecule has 6 nitrogen and oxygen atoms in total. The molecule has 1 amide bonds. The maximum atomic E-state index is 10.6. The minimum absolute atomic E-state index is 0.172. The van der Waals surface area contributed by atoms with Crippen LogP contribution in [-0.4, -0.2) is 26.7 Å². The summed E-state index contributed by atoms with van der Waals surface area (Å²) in [4.78, 5) is 15.5. The van der Waals surface area contributed by atoms with E-state index in [1.807, 2.05) is 13.0 Å². The average molecular weight is 254 g/mol. The van der Waals surface area contributed by atoms with E-state index in [2.05, 4.69) is 5.48 Å². The van der Waals surface area contributed by atoms with Gasteiger partial charge in [-0.1, -0.05) is 0 Å². The molecular formula is C12H18N2O4. The smallest absolute Gasteiger partial charge is 0.245 e. The normalized spacial score (nSPS) is 11.9. The van der Waals surface area contributed by atoms with Crippen LogP contribution in [0.25, 0.3) is 0 Å². The predicted octanol–water partition coefficient (Wildman–Crippen LogP) is 0.771. The fraction of sp³-hybridized carbons (Fsp3) is 0.417. The summed E-state index contributed by atoms with van der Waals surface area (Å²) in [5, 5.41) is 0. The van der Waals surface area contributed by atoms with Gasteiger partial charge in [-0.3, -0.25) is 9.63 Å². The second-order valence-corrected chi connectivity index (χ2v) is 3.70. The summed E-state index contributed by atoms with van der Waals surface area (Å²) in [5.41, 5.74) is 8.55. The fourth-order valence-corrected chi connectivity index (χ4v) is 1.48. The highest BCUT2D eigenvalue weighted by Crippen LogP contribution is 2.29. The van der Waals surface area contributed by atoms with Crippen molar-refractivity contribution >= 4 is 5.91 Å². The standard InChI is InChI=1S/C12H18N2O4/c1-8(14-18-7-12(13)15)10-6-9(16-2)4-5-11(10)17-3/h4-6,8,14H,7H2,1-3H3,(H2,13,15). The minimum atomic E-state index is -0.535. The zero-order valence-electron chi connectivity index (χ0n) is 10.7. The molecule has 6 heteroatoms. The maximum absolute atomic E-state index is 10.6. The predicted molar refractivity (Wildman–Crippen MR) is 66.2 cm³/mol. The first-order valence-corrected chi connectivity index (χ1v) is 5.46. The number of benzene rings is 1. The summed E-state index contributed by atoms with van der Waals surface area (Å²) in [6.45, 7) is 1.69. The van der Waals surface area contributed by atoms with Crippen LogP contribution in [-0.2, 0) is 9.63 Å². The Morgan fingerprint density at radius 3 is 2.67 bits per heavy atom. The molecule has 0 saturated heterocycles. The monoisotopic (exact) mass is 254 g/mol. The van der Waals surface area contributed by atoms with Crippen molar-refractivity contribution in [3.63, 3.8) is 0 Å². The number of hydrogen-bond donors (Lipinski definition) is 2. The van der Waals surface area contributed by atoms with Crippen LogP contribution in [0.15, 0.2) is 18.2 Å². The van der Waals surface area contributed by atoms with Crippen LogP contribution < -0.4 is 20.7 Å². The third-order valence-electron chi connectivity index (χ3n) is 2.38. The molecule has 0 saturated carbocycles. The highest BCUT2D eigenvalue weighted by molar-refractivity contribution is 5.74. The Morgan fingerprint density at radius 1 is 1.39 bits per heavy atom. The number of ether oxygens (including phenoxy) is 2. The van der Waals surface area contributed by atoms with Crippen molar-refractivity contribution in [3.05, 3.63) is 23.8 Å². The van der Waals surface area contributed by atoms with Gasteiger partial charge in [0, 0.05) is 5.56 Å². The first-order chi connectivity index (χ1) is 8.58. The minimum Gasteiger partial charge on any atom is -0.497 e. The summed E-state index contributed by atoms with van der Waals surface area (Å²) in [5.74, 6) is 0.889. The lowest BCUT2D eigenvalue weighted by Crippen LogP contribution is -2.26. The van der Waals surface area contributed by atoms with E-state index in [9.17, 15) is 4.79 Å². The van der Waals surface area contributed by atoms with Gasteiger partial charge in [0.05, 0.1) is 20.3 Å². The second kappa shape index (κ2) is 6.83. The quantitative estimate of drug-likeness (QED) is 0.702. The zero-order valence-corrected chi connectivity index (χ0v) is 10.7. The van der Waals surface area contributed by atoms with Gasteiger partial charge in [0.2, 0.25) is 5.91 Å². The maximum Gasteiger partial charge on any atom is 0.245 e. The van der Waals surface area contributed by atoms with Gasteiger partial charge in [-0.2, -0.15) is 5.48 Å². The van der Waals surface area contributed by atoms with Gasteiger partial charge in [0.1, 0.15) is 18.1 Å². The Balaban J connectivity index is 2.75. The summed E-state index contributed by atoms with van der Waals surface area (Å²) in [6.07, 6.45) is 0.